The van der Waals surface area contributed by atoms with Crippen LogP contribution in [0.15, 0.2) is 45.5 Å². The number of thiophene rings is 1. The number of aromatic nitrogens is 2. The normalized spacial score (nSPS) is 22.5. The van der Waals surface area contributed by atoms with Crippen molar-refractivity contribution in [2.45, 2.75) is 37.3 Å². The summed E-state index contributed by atoms with van der Waals surface area (Å²) in [5.74, 6) is 1.22. The molecule has 2 unspecified atom stereocenters. The number of rotatable bonds is 4. The predicted molar refractivity (Wildman–Crippen MR) is 110 cm³/mol. The Morgan fingerprint density at radius 3 is 2.67 bits per heavy atom. The van der Waals surface area contributed by atoms with Crippen molar-refractivity contribution in [1.29, 1.82) is 0 Å². The van der Waals surface area contributed by atoms with Crippen molar-refractivity contribution in [2.75, 3.05) is 13.1 Å². The van der Waals surface area contributed by atoms with Gasteiger partial charge in [-0.05, 0) is 48.4 Å². The van der Waals surface area contributed by atoms with Crippen LogP contribution in [0.25, 0.3) is 11.5 Å². The second-order valence-corrected chi connectivity index (χ2v) is 8.52. The van der Waals surface area contributed by atoms with E-state index in [1.165, 1.54) is 12.1 Å². The van der Waals surface area contributed by atoms with Crippen LogP contribution < -0.4 is 10.9 Å². The molecule has 0 saturated carbocycles. The quantitative estimate of drug-likeness (QED) is 0.665. The molecule has 30 heavy (non-hydrogen) atoms. The first-order valence-corrected chi connectivity index (χ1v) is 11.0. The smallest absolute Gasteiger partial charge is 0.248 e. The minimum Gasteiger partial charge on any atom is -0.420 e. The molecule has 1 amide bonds. The van der Waals surface area contributed by atoms with Gasteiger partial charge in [-0.15, -0.1) is 10.2 Å². The Morgan fingerprint density at radius 1 is 1.13 bits per heavy atom. The number of piperidine rings is 1. The summed E-state index contributed by atoms with van der Waals surface area (Å²) in [4.78, 5) is 14.8. The molecule has 0 radical (unpaired) electrons. The molecular formula is C21H22FN5O2S. The summed E-state index contributed by atoms with van der Waals surface area (Å²) in [6.45, 7) is 1.33. The maximum Gasteiger partial charge on any atom is 0.248 e. The van der Waals surface area contributed by atoms with E-state index in [0.29, 0.717) is 31.3 Å². The fourth-order valence-corrected chi connectivity index (χ4v) is 4.73. The van der Waals surface area contributed by atoms with Crippen LogP contribution in [0.4, 0.5) is 4.39 Å². The number of amides is 1. The van der Waals surface area contributed by atoms with Crippen LogP contribution in [-0.2, 0) is 4.79 Å². The van der Waals surface area contributed by atoms with Crippen molar-refractivity contribution in [3.05, 3.63) is 58.4 Å². The average molecular weight is 428 g/mol. The monoisotopic (exact) mass is 427 g/mol. The van der Waals surface area contributed by atoms with E-state index in [1.807, 2.05) is 21.7 Å². The first kappa shape index (κ1) is 19.3. The summed E-state index contributed by atoms with van der Waals surface area (Å²) in [5, 5.41) is 12.4. The summed E-state index contributed by atoms with van der Waals surface area (Å²) in [6, 6.07) is 8.06. The van der Waals surface area contributed by atoms with Crippen LogP contribution in [-0.4, -0.2) is 40.1 Å². The molecule has 2 aliphatic rings. The molecule has 0 aliphatic carbocycles. The zero-order chi connectivity index (χ0) is 20.5. The maximum absolute atomic E-state index is 13.1. The number of hydrogen-bond donors (Lipinski definition) is 2. The molecule has 1 aromatic carbocycles. The summed E-state index contributed by atoms with van der Waals surface area (Å²) < 4.78 is 19.0. The Kier molecular flexibility index (Phi) is 5.32. The van der Waals surface area contributed by atoms with Crippen LogP contribution >= 0.6 is 11.3 Å². The van der Waals surface area contributed by atoms with E-state index in [0.717, 1.165) is 24.0 Å². The van der Waals surface area contributed by atoms with Gasteiger partial charge in [0.05, 0.1) is 0 Å². The highest BCUT2D eigenvalue weighted by atomic mass is 32.1. The summed E-state index contributed by atoms with van der Waals surface area (Å²) in [6.07, 6.45) is 2.25. The number of hydrogen-bond acceptors (Lipinski definition) is 7. The van der Waals surface area contributed by atoms with Gasteiger partial charge in [-0.2, -0.15) is 11.3 Å². The van der Waals surface area contributed by atoms with Gasteiger partial charge in [-0.1, -0.05) is 12.1 Å². The number of nitrogens with one attached hydrogen (secondary N) is 2. The lowest BCUT2D eigenvalue weighted by Crippen LogP contribution is -2.48. The molecule has 2 saturated heterocycles. The lowest BCUT2D eigenvalue weighted by atomic mass is 9.95. The molecule has 7 nitrogen and oxygen atoms in total. The standard InChI is InChI=1S/C21H22FN5O2S/c22-16-3-1-13(2-4-16)17-11-18(24-23-17)21(28)27-8-5-14(6-9-27)19-25-26-20(29-19)15-7-10-30-12-15/h1-4,7,10,12,14,17-18,23-24H,5-6,8-9,11H2. The fraction of sp³-hybridized carbons (Fsp3) is 0.381. The summed E-state index contributed by atoms with van der Waals surface area (Å²) in [5.41, 5.74) is 8.18. The molecule has 2 atom stereocenters. The van der Waals surface area contributed by atoms with Gasteiger partial charge in [0.1, 0.15) is 11.9 Å². The molecule has 4 heterocycles. The Morgan fingerprint density at radius 2 is 1.93 bits per heavy atom. The van der Waals surface area contributed by atoms with E-state index in [9.17, 15) is 9.18 Å². The lowest BCUT2D eigenvalue weighted by Gasteiger charge is -2.32. The van der Waals surface area contributed by atoms with E-state index >= 15 is 0 Å². The highest BCUT2D eigenvalue weighted by molar-refractivity contribution is 7.08. The van der Waals surface area contributed by atoms with Crippen molar-refractivity contribution in [3.63, 3.8) is 0 Å². The predicted octanol–water partition coefficient (Wildman–Crippen LogP) is 3.25. The number of nitrogens with zero attached hydrogens (tertiary/aromatic N) is 3. The van der Waals surface area contributed by atoms with E-state index < -0.39 is 0 Å². The minimum atomic E-state index is -0.287. The molecule has 2 aromatic heterocycles. The van der Waals surface area contributed by atoms with Crippen molar-refractivity contribution in [2.24, 2.45) is 0 Å². The Bertz CT molecular complexity index is 999. The van der Waals surface area contributed by atoms with Gasteiger partial charge in [-0.3, -0.25) is 4.79 Å². The molecule has 156 valence electrons. The van der Waals surface area contributed by atoms with Crippen molar-refractivity contribution < 1.29 is 13.6 Å². The molecule has 0 bridgehead atoms. The van der Waals surface area contributed by atoms with Crippen LogP contribution in [0, 0.1) is 5.82 Å². The first-order chi connectivity index (χ1) is 14.7. The van der Waals surface area contributed by atoms with Crippen molar-refractivity contribution >= 4 is 17.2 Å². The first-order valence-electron chi connectivity index (χ1n) is 10.1. The van der Waals surface area contributed by atoms with Gasteiger partial charge in [0, 0.05) is 36.0 Å². The van der Waals surface area contributed by atoms with Crippen LogP contribution in [0.5, 0.6) is 0 Å². The Hall–Kier alpha value is -2.62. The van der Waals surface area contributed by atoms with Crippen molar-refractivity contribution in [3.8, 4) is 11.5 Å². The molecule has 3 aromatic rings. The molecule has 5 rings (SSSR count). The number of benzene rings is 1. The molecular weight excluding hydrogens is 405 g/mol. The number of likely N-dealkylation sites (tertiary alicyclic amines) is 1. The van der Waals surface area contributed by atoms with E-state index in [4.69, 9.17) is 4.42 Å². The van der Waals surface area contributed by atoms with Gasteiger partial charge in [-0.25, -0.2) is 15.2 Å². The second kappa shape index (κ2) is 8.25. The van der Waals surface area contributed by atoms with Gasteiger partial charge in [0.25, 0.3) is 0 Å². The molecule has 2 aliphatic heterocycles. The third kappa shape index (κ3) is 3.88. The Balaban J connectivity index is 1.16. The van der Waals surface area contributed by atoms with Crippen molar-refractivity contribution in [1.82, 2.24) is 25.9 Å². The number of carbonyl (C=O) groups is 1. The number of carbonyl (C=O) groups excluding carboxylic acids is 1. The minimum absolute atomic E-state index is 0.00833. The third-order valence-electron chi connectivity index (χ3n) is 5.84. The van der Waals surface area contributed by atoms with Crippen LogP contribution in [0.2, 0.25) is 0 Å². The zero-order valence-corrected chi connectivity index (χ0v) is 17.1. The lowest BCUT2D eigenvalue weighted by molar-refractivity contribution is -0.134. The van der Waals surface area contributed by atoms with Crippen LogP contribution in [0.1, 0.15) is 42.7 Å². The summed E-state index contributed by atoms with van der Waals surface area (Å²) in [7, 11) is 0. The fourth-order valence-electron chi connectivity index (χ4n) is 4.10. The largest absolute Gasteiger partial charge is 0.420 e. The van der Waals surface area contributed by atoms with E-state index in [2.05, 4.69) is 21.0 Å². The number of hydrazine groups is 1. The van der Waals surface area contributed by atoms with E-state index in [1.54, 1.807) is 23.5 Å². The molecule has 9 heteroatoms. The summed E-state index contributed by atoms with van der Waals surface area (Å²) >= 11 is 1.59. The van der Waals surface area contributed by atoms with Gasteiger partial charge in [0.2, 0.25) is 17.7 Å². The molecule has 2 fully saturated rings. The SMILES string of the molecule is O=C(C1CC(c2ccc(F)cc2)NN1)N1CCC(c2nnc(-c3ccsc3)o2)CC1. The topological polar surface area (TPSA) is 83.3 Å². The second-order valence-electron chi connectivity index (χ2n) is 7.74. The highest BCUT2D eigenvalue weighted by Gasteiger charge is 2.35. The highest BCUT2D eigenvalue weighted by Crippen LogP contribution is 2.31. The Labute approximate surface area is 177 Å². The van der Waals surface area contributed by atoms with Gasteiger partial charge in [0.15, 0.2) is 0 Å². The van der Waals surface area contributed by atoms with Gasteiger partial charge < -0.3 is 9.32 Å². The number of halogens is 1. The van der Waals surface area contributed by atoms with E-state index in [-0.39, 0.29) is 29.7 Å². The average Bonchev–Trinajstić information content (AvgIpc) is 3.55. The van der Waals surface area contributed by atoms with Gasteiger partial charge >= 0.3 is 0 Å². The molecule has 0 spiro atoms. The maximum atomic E-state index is 13.1. The third-order valence-corrected chi connectivity index (χ3v) is 6.52. The zero-order valence-electron chi connectivity index (χ0n) is 16.3. The van der Waals surface area contributed by atoms with Crippen LogP contribution in [0.3, 0.4) is 0 Å². The molecule has 2 N–H and O–H groups in total.